The first-order chi connectivity index (χ1) is 12.5. The third-order valence-corrected chi connectivity index (χ3v) is 4.17. The lowest BCUT2D eigenvalue weighted by Crippen LogP contribution is -2.34. The topological polar surface area (TPSA) is 89.5 Å². The molecule has 1 aromatic carbocycles. The number of furan rings is 1. The molecule has 3 aromatic rings. The molecular weight excluding hydrogens is 358 g/mol. The Kier molecular flexibility index (Phi) is 4.99. The molecule has 7 nitrogen and oxygen atoms in total. The zero-order chi connectivity index (χ0) is 18.7. The minimum Gasteiger partial charge on any atom is -0.467 e. The summed E-state index contributed by atoms with van der Waals surface area (Å²) in [6.45, 7) is 1.79. The summed E-state index contributed by atoms with van der Waals surface area (Å²) in [5, 5.41) is 11.1. The number of hydrogen-bond donors (Lipinski definition) is 0. The highest BCUT2D eigenvalue weighted by atomic mass is 35.5. The summed E-state index contributed by atoms with van der Waals surface area (Å²) in [5.74, 6) is 0.513. The fraction of sp³-hybridized carbons (Fsp3) is 0.111. The van der Waals surface area contributed by atoms with Crippen LogP contribution in [0, 0.1) is 10.1 Å². The van der Waals surface area contributed by atoms with Crippen molar-refractivity contribution < 1.29 is 14.1 Å². The van der Waals surface area contributed by atoms with Gasteiger partial charge >= 0.3 is 0 Å². The van der Waals surface area contributed by atoms with E-state index in [0.717, 1.165) is 6.07 Å². The van der Waals surface area contributed by atoms with Crippen molar-refractivity contribution in [3.8, 4) is 0 Å². The van der Waals surface area contributed by atoms with Crippen LogP contribution in [0.25, 0.3) is 0 Å². The number of aromatic nitrogens is 1. The van der Waals surface area contributed by atoms with E-state index >= 15 is 0 Å². The molecule has 0 radical (unpaired) electrons. The summed E-state index contributed by atoms with van der Waals surface area (Å²) < 4.78 is 5.41. The van der Waals surface area contributed by atoms with Crippen molar-refractivity contribution in [1.29, 1.82) is 0 Å². The Hall–Kier alpha value is -3.19. The van der Waals surface area contributed by atoms with Crippen molar-refractivity contribution in [2.45, 2.75) is 13.0 Å². The van der Waals surface area contributed by atoms with Gasteiger partial charge in [-0.15, -0.1) is 0 Å². The van der Waals surface area contributed by atoms with Crippen LogP contribution in [0.3, 0.4) is 0 Å². The van der Waals surface area contributed by atoms with Gasteiger partial charge < -0.3 is 4.42 Å². The highest BCUT2D eigenvalue weighted by Crippen LogP contribution is 2.30. The van der Waals surface area contributed by atoms with Gasteiger partial charge in [-0.3, -0.25) is 19.8 Å². The normalized spacial score (nSPS) is 11.8. The highest BCUT2D eigenvalue weighted by molar-refractivity contribution is 6.32. The molecule has 0 fully saturated rings. The van der Waals surface area contributed by atoms with E-state index < -0.39 is 16.9 Å². The van der Waals surface area contributed by atoms with Crippen LogP contribution in [0.5, 0.6) is 0 Å². The molecule has 3 rings (SSSR count). The largest absolute Gasteiger partial charge is 0.467 e. The second-order valence-corrected chi connectivity index (χ2v) is 5.88. The van der Waals surface area contributed by atoms with E-state index in [9.17, 15) is 14.9 Å². The molecule has 0 aliphatic rings. The number of benzene rings is 1. The standard InChI is InChI=1S/C18H14ClN3O4/c1-12(16-5-4-10-26-16)21(17-6-2-3-9-20-17)18(23)13-7-8-14(19)15(11-13)22(24)25/h2-12H,1H3. The predicted octanol–water partition coefficient (Wildman–Crippen LogP) is 4.64. The maximum absolute atomic E-state index is 13.1. The number of carbonyl (C=O) groups excluding carboxylic acids is 1. The summed E-state index contributed by atoms with van der Waals surface area (Å²) in [7, 11) is 0. The third-order valence-electron chi connectivity index (χ3n) is 3.85. The second kappa shape index (κ2) is 7.37. The van der Waals surface area contributed by atoms with Crippen LogP contribution >= 0.6 is 11.6 Å². The van der Waals surface area contributed by atoms with E-state index in [2.05, 4.69) is 4.98 Å². The number of carbonyl (C=O) groups is 1. The van der Waals surface area contributed by atoms with Crippen LogP contribution < -0.4 is 4.90 Å². The maximum Gasteiger partial charge on any atom is 0.288 e. The van der Waals surface area contributed by atoms with Gasteiger partial charge in [-0.2, -0.15) is 0 Å². The molecule has 0 spiro atoms. The van der Waals surface area contributed by atoms with Gasteiger partial charge in [-0.1, -0.05) is 17.7 Å². The minimum atomic E-state index is -0.625. The average molecular weight is 372 g/mol. The molecule has 2 heterocycles. The molecule has 0 aliphatic heterocycles. The first kappa shape index (κ1) is 17.6. The van der Waals surface area contributed by atoms with Gasteiger partial charge in [0.2, 0.25) is 0 Å². The molecule has 0 bridgehead atoms. The quantitative estimate of drug-likeness (QED) is 0.481. The number of halogens is 1. The van der Waals surface area contributed by atoms with Crippen LogP contribution in [0.2, 0.25) is 5.02 Å². The van der Waals surface area contributed by atoms with Crippen LogP contribution in [-0.4, -0.2) is 15.8 Å². The van der Waals surface area contributed by atoms with Gasteiger partial charge in [0.15, 0.2) is 0 Å². The summed E-state index contributed by atoms with van der Waals surface area (Å²) in [4.78, 5) is 29.3. The molecule has 1 atom stereocenters. The first-order valence-electron chi connectivity index (χ1n) is 7.71. The number of nitro groups is 1. The predicted molar refractivity (Wildman–Crippen MR) is 96.3 cm³/mol. The molecule has 8 heteroatoms. The fourth-order valence-corrected chi connectivity index (χ4v) is 2.74. The first-order valence-corrected chi connectivity index (χ1v) is 8.08. The Morgan fingerprint density at radius 3 is 2.69 bits per heavy atom. The van der Waals surface area contributed by atoms with E-state index in [1.165, 1.54) is 23.3 Å². The summed E-state index contributed by atoms with van der Waals surface area (Å²) in [6, 6.07) is 12.1. The molecule has 1 unspecified atom stereocenters. The highest BCUT2D eigenvalue weighted by Gasteiger charge is 2.28. The number of pyridine rings is 1. The Morgan fingerprint density at radius 2 is 2.08 bits per heavy atom. The molecule has 0 aliphatic carbocycles. The summed E-state index contributed by atoms with van der Waals surface area (Å²) in [5.41, 5.74) is -0.200. The van der Waals surface area contributed by atoms with E-state index in [1.807, 2.05) is 0 Å². The van der Waals surface area contributed by atoms with Crippen LogP contribution in [0.4, 0.5) is 11.5 Å². The summed E-state index contributed by atoms with van der Waals surface area (Å²) >= 11 is 5.84. The molecule has 132 valence electrons. The van der Waals surface area contributed by atoms with Gasteiger partial charge in [-0.25, -0.2) is 4.98 Å². The molecule has 2 aromatic heterocycles. The third kappa shape index (κ3) is 3.43. The Labute approximate surface area is 154 Å². The lowest BCUT2D eigenvalue weighted by atomic mass is 10.1. The van der Waals surface area contributed by atoms with E-state index in [-0.39, 0.29) is 16.3 Å². The van der Waals surface area contributed by atoms with Crippen LogP contribution in [-0.2, 0) is 0 Å². The summed E-state index contributed by atoms with van der Waals surface area (Å²) in [6.07, 6.45) is 3.08. The van der Waals surface area contributed by atoms with Crippen molar-refractivity contribution >= 4 is 29.0 Å². The monoisotopic (exact) mass is 371 g/mol. The Morgan fingerprint density at radius 1 is 1.27 bits per heavy atom. The van der Waals surface area contributed by atoms with Crippen molar-refractivity contribution in [1.82, 2.24) is 4.98 Å². The number of nitro benzene ring substituents is 1. The maximum atomic E-state index is 13.1. The van der Waals surface area contributed by atoms with E-state index in [4.69, 9.17) is 16.0 Å². The van der Waals surface area contributed by atoms with Gasteiger partial charge in [0.25, 0.3) is 11.6 Å². The average Bonchev–Trinajstić information content (AvgIpc) is 3.17. The fourth-order valence-electron chi connectivity index (χ4n) is 2.56. The van der Waals surface area contributed by atoms with Gasteiger partial charge in [0.05, 0.1) is 17.2 Å². The number of nitrogens with zero attached hydrogens (tertiary/aromatic N) is 3. The van der Waals surface area contributed by atoms with Crippen LogP contribution in [0.15, 0.2) is 65.4 Å². The van der Waals surface area contributed by atoms with Crippen molar-refractivity contribution in [3.05, 3.63) is 87.5 Å². The lowest BCUT2D eigenvalue weighted by Gasteiger charge is -2.27. The SMILES string of the molecule is CC(c1ccco1)N(C(=O)c1ccc(Cl)c([N+](=O)[O-])c1)c1ccccn1. The Balaban J connectivity index is 2.06. The van der Waals surface area contributed by atoms with Crippen LogP contribution in [0.1, 0.15) is 29.1 Å². The molecule has 0 saturated heterocycles. The number of anilines is 1. The molecule has 1 amide bonds. The van der Waals surface area contributed by atoms with Crippen molar-refractivity contribution in [2.24, 2.45) is 0 Å². The molecular formula is C18H14ClN3O4. The number of amides is 1. The van der Waals surface area contributed by atoms with E-state index in [1.54, 1.807) is 43.5 Å². The van der Waals surface area contributed by atoms with Gasteiger partial charge in [0.1, 0.15) is 16.6 Å². The second-order valence-electron chi connectivity index (χ2n) is 5.48. The smallest absolute Gasteiger partial charge is 0.288 e. The molecule has 26 heavy (non-hydrogen) atoms. The van der Waals surface area contributed by atoms with Gasteiger partial charge in [-0.05, 0) is 43.3 Å². The number of rotatable bonds is 5. The van der Waals surface area contributed by atoms with Crippen molar-refractivity contribution in [3.63, 3.8) is 0 Å². The zero-order valence-electron chi connectivity index (χ0n) is 13.7. The zero-order valence-corrected chi connectivity index (χ0v) is 14.5. The molecule has 0 saturated carbocycles. The minimum absolute atomic E-state index is 0.0324. The number of hydrogen-bond acceptors (Lipinski definition) is 5. The van der Waals surface area contributed by atoms with Gasteiger partial charge in [0, 0.05) is 17.8 Å². The Bertz CT molecular complexity index is 929. The lowest BCUT2D eigenvalue weighted by molar-refractivity contribution is -0.384. The molecule has 0 N–H and O–H groups in total. The van der Waals surface area contributed by atoms with E-state index in [0.29, 0.717) is 11.6 Å². The van der Waals surface area contributed by atoms with Crippen molar-refractivity contribution in [2.75, 3.05) is 4.90 Å².